The highest BCUT2D eigenvalue weighted by molar-refractivity contribution is 5.74. The third kappa shape index (κ3) is 4.51. The SMILES string of the molecule is O=C(NCc1nc(-c2ccccc2)no1)N1CCC(N2CCC[C@H](O)C2)CC1. The third-order valence-corrected chi connectivity index (χ3v) is 5.59. The van der Waals surface area contributed by atoms with Gasteiger partial charge in [-0.25, -0.2) is 4.79 Å². The fourth-order valence-corrected chi connectivity index (χ4v) is 4.04. The monoisotopic (exact) mass is 385 g/mol. The summed E-state index contributed by atoms with van der Waals surface area (Å²) in [6.07, 6.45) is 3.64. The Balaban J connectivity index is 1.23. The maximum Gasteiger partial charge on any atom is 0.317 e. The highest BCUT2D eigenvalue weighted by Gasteiger charge is 2.29. The minimum absolute atomic E-state index is 0.100. The van der Waals surface area contributed by atoms with Gasteiger partial charge in [-0.2, -0.15) is 4.98 Å². The first kappa shape index (κ1) is 18.9. The van der Waals surface area contributed by atoms with E-state index in [1.165, 1.54) is 0 Å². The summed E-state index contributed by atoms with van der Waals surface area (Å²) in [5, 5.41) is 16.7. The van der Waals surface area contributed by atoms with Gasteiger partial charge in [-0.05, 0) is 32.2 Å². The number of aromatic nitrogens is 2. The first-order valence-electron chi connectivity index (χ1n) is 10.0. The van der Waals surface area contributed by atoms with Gasteiger partial charge in [0.15, 0.2) is 0 Å². The number of aliphatic hydroxyl groups is 1. The van der Waals surface area contributed by atoms with Crippen LogP contribution in [0, 0.1) is 0 Å². The molecule has 0 spiro atoms. The van der Waals surface area contributed by atoms with Crippen LogP contribution in [0.2, 0.25) is 0 Å². The number of aliphatic hydroxyl groups excluding tert-OH is 1. The van der Waals surface area contributed by atoms with Crippen molar-refractivity contribution in [2.75, 3.05) is 26.2 Å². The van der Waals surface area contributed by atoms with Crippen molar-refractivity contribution < 1.29 is 14.4 Å². The van der Waals surface area contributed by atoms with Gasteiger partial charge >= 0.3 is 6.03 Å². The molecular weight excluding hydrogens is 358 g/mol. The minimum atomic E-state index is -0.203. The lowest BCUT2D eigenvalue weighted by Crippen LogP contribution is -2.52. The Hall–Kier alpha value is -2.45. The van der Waals surface area contributed by atoms with Gasteiger partial charge in [0.1, 0.15) is 0 Å². The molecule has 3 heterocycles. The Morgan fingerprint density at radius 3 is 2.71 bits per heavy atom. The molecule has 150 valence electrons. The van der Waals surface area contributed by atoms with E-state index in [1.54, 1.807) is 0 Å². The van der Waals surface area contributed by atoms with Crippen molar-refractivity contribution in [2.45, 2.75) is 44.4 Å². The van der Waals surface area contributed by atoms with E-state index in [2.05, 4.69) is 20.4 Å². The number of nitrogens with one attached hydrogen (secondary N) is 1. The summed E-state index contributed by atoms with van der Waals surface area (Å²) in [6, 6.07) is 9.96. The van der Waals surface area contributed by atoms with E-state index >= 15 is 0 Å². The first-order chi connectivity index (χ1) is 13.7. The lowest BCUT2D eigenvalue weighted by Gasteiger charge is -2.41. The predicted molar refractivity (Wildman–Crippen MR) is 103 cm³/mol. The van der Waals surface area contributed by atoms with Crippen LogP contribution in [0.5, 0.6) is 0 Å². The number of nitrogens with zero attached hydrogens (tertiary/aromatic N) is 4. The number of hydrogen-bond donors (Lipinski definition) is 2. The highest BCUT2D eigenvalue weighted by atomic mass is 16.5. The van der Waals surface area contributed by atoms with Gasteiger partial charge in [0.25, 0.3) is 0 Å². The summed E-state index contributed by atoms with van der Waals surface area (Å²) >= 11 is 0. The lowest BCUT2D eigenvalue weighted by atomic mass is 9.99. The van der Waals surface area contributed by atoms with Crippen molar-refractivity contribution in [1.82, 2.24) is 25.3 Å². The van der Waals surface area contributed by atoms with E-state index in [4.69, 9.17) is 4.52 Å². The van der Waals surface area contributed by atoms with Crippen molar-refractivity contribution in [3.63, 3.8) is 0 Å². The molecule has 2 saturated heterocycles. The van der Waals surface area contributed by atoms with Gasteiger partial charge in [0.05, 0.1) is 12.6 Å². The molecule has 1 aromatic carbocycles. The fourth-order valence-electron chi connectivity index (χ4n) is 4.04. The molecule has 4 rings (SSSR count). The Morgan fingerprint density at radius 1 is 1.18 bits per heavy atom. The van der Waals surface area contributed by atoms with E-state index < -0.39 is 0 Å². The molecule has 2 aliphatic rings. The summed E-state index contributed by atoms with van der Waals surface area (Å²) in [5.74, 6) is 0.916. The molecule has 1 atom stereocenters. The lowest BCUT2D eigenvalue weighted by molar-refractivity contribution is 0.0291. The maximum absolute atomic E-state index is 12.5. The standard InChI is InChI=1S/C20H27N5O3/c26-17-7-4-10-25(14-17)16-8-11-24(12-9-16)20(27)21-13-18-22-19(23-28-18)15-5-2-1-3-6-15/h1-3,5-6,16-17,26H,4,7-14H2,(H,21,27)/t17-/m0/s1. The molecule has 2 aliphatic heterocycles. The number of likely N-dealkylation sites (tertiary alicyclic amines) is 2. The molecule has 0 aliphatic carbocycles. The second-order valence-corrected chi connectivity index (χ2v) is 7.55. The van der Waals surface area contributed by atoms with E-state index in [0.717, 1.165) is 57.4 Å². The molecule has 2 N–H and O–H groups in total. The van der Waals surface area contributed by atoms with Crippen LogP contribution >= 0.6 is 0 Å². The average molecular weight is 385 g/mol. The molecule has 2 aromatic rings. The molecule has 28 heavy (non-hydrogen) atoms. The van der Waals surface area contributed by atoms with Crippen molar-refractivity contribution in [2.24, 2.45) is 0 Å². The molecule has 2 amide bonds. The van der Waals surface area contributed by atoms with Crippen molar-refractivity contribution in [1.29, 1.82) is 0 Å². The zero-order valence-electron chi connectivity index (χ0n) is 16.0. The van der Waals surface area contributed by atoms with Crippen LogP contribution in [-0.2, 0) is 6.54 Å². The number of urea groups is 1. The average Bonchev–Trinajstić information content (AvgIpc) is 3.22. The van der Waals surface area contributed by atoms with Gasteiger partial charge < -0.3 is 19.8 Å². The summed E-state index contributed by atoms with van der Waals surface area (Å²) in [4.78, 5) is 21.0. The quantitative estimate of drug-likeness (QED) is 0.834. The van der Waals surface area contributed by atoms with Crippen molar-refractivity contribution >= 4 is 6.03 Å². The van der Waals surface area contributed by atoms with Gasteiger partial charge in [-0.3, -0.25) is 4.90 Å². The number of carbonyl (C=O) groups excluding carboxylic acids is 1. The number of β-amino-alcohol motifs (C(OH)–C–C–N with tert-alkyl or cyclic N) is 1. The van der Waals surface area contributed by atoms with Gasteiger partial charge in [-0.1, -0.05) is 35.5 Å². The second kappa shape index (κ2) is 8.70. The number of amides is 2. The van der Waals surface area contributed by atoms with E-state index in [0.29, 0.717) is 17.8 Å². The van der Waals surface area contributed by atoms with Crippen LogP contribution in [0.25, 0.3) is 11.4 Å². The van der Waals surface area contributed by atoms with Gasteiger partial charge in [0, 0.05) is 31.2 Å². The second-order valence-electron chi connectivity index (χ2n) is 7.55. The molecule has 8 nitrogen and oxygen atoms in total. The Morgan fingerprint density at radius 2 is 1.96 bits per heavy atom. The van der Waals surface area contributed by atoms with Crippen LogP contribution in [0.1, 0.15) is 31.6 Å². The Kier molecular flexibility index (Phi) is 5.87. The van der Waals surface area contributed by atoms with E-state index in [9.17, 15) is 9.90 Å². The smallest absolute Gasteiger partial charge is 0.317 e. The van der Waals surface area contributed by atoms with Crippen molar-refractivity contribution in [3.05, 3.63) is 36.2 Å². The fraction of sp³-hybridized carbons (Fsp3) is 0.550. The number of rotatable bonds is 4. The van der Waals surface area contributed by atoms with Crippen LogP contribution in [0.3, 0.4) is 0 Å². The topological polar surface area (TPSA) is 94.7 Å². The summed E-state index contributed by atoms with van der Waals surface area (Å²) in [5.41, 5.74) is 0.883. The van der Waals surface area contributed by atoms with Crippen LogP contribution in [0.15, 0.2) is 34.9 Å². The molecule has 0 unspecified atom stereocenters. The normalized spacial score (nSPS) is 21.6. The Bertz CT molecular complexity index is 773. The minimum Gasteiger partial charge on any atom is -0.392 e. The number of carbonyl (C=O) groups is 1. The summed E-state index contributed by atoms with van der Waals surface area (Å²) in [6.45, 7) is 3.48. The molecule has 1 aromatic heterocycles. The Labute approximate surface area is 164 Å². The molecular formula is C20H27N5O3. The number of benzene rings is 1. The maximum atomic E-state index is 12.5. The van der Waals surface area contributed by atoms with Gasteiger partial charge in [0.2, 0.25) is 11.7 Å². The number of hydrogen-bond acceptors (Lipinski definition) is 6. The molecule has 8 heteroatoms. The number of piperidine rings is 2. The van der Waals surface area contributed by atoms with Crippen LogP contribution < -0.4 is 5.32 Å². The van der Waals surface area contributed by atoms with Gasteiger partial charge in [-0.15, -0.1) is 0 Å². The van der Waals surface area contributed by atoms with Crippen LogP contribution in [0.4, 0.5) is 4.79 Å². The van der Waals surface area contributed by atoms with E-state index in [-0.39, 0.29) is 18.7 Å². The molecule has 0 radical (unpaired) electrons. The predicted octanol–water partition coefficient (Wildman–Crippen LogP) is 1.87. The highest BCUT2D eigenvalue weighted by Crippen LogP contribution is 2.21. The zero-order valence-corrected chi connectivity index (χ0v) is 16.0. The first-order valence-corrected chi connectivity index (χ1v) is 10.0. The van der Waals surface area contributed by atoms with Crippen molar-refractivity contribution in [3.8, 4) is 11.4 Å². The largest absolute Gasteiger partial charge is 0.392 e. The summed E-state index contributed by atoms with van der Waals surface area (Å²) in [7, 11) is 0. The van der Waals surface area contributed by atoms with E-state index in [1.807, 2.05) is 35.2 Å². The third-order valence-electron chi connectivity index (χ3n) is 5.59. The molecule has 0 saturated carbocycles. The summed E-state index contributed by atoms with van der Waals surface area (Å²) < 4.78 is 5.24. The van der Waals surface area contributed by atoms with Crippen LogP contribution in [-0.4, -0.2) is 69.4 Å². The zero-order chi connectivity index (χ0) is 19.3. The molecule has 2 fully saturated rings. The molecule has 0 bridgehead atoms.